The normalized spacial score (nSPS) is 13.3. The summed E-state index contributed by atoms with van der Waals surface area (Å²) in [5.74, 6) is -0.385. The second kappa shape index (κ2) is 8.67. The van der Waals surface area contributed by atoms with Gasteiger partial charge in [-0.3, -0.25) is 23.3 Å². The zero-order valence-corrected chi connectivity index (χ0v) is 21.5. The Morgan fingerprint density at radius 1 is 1.06 bits per heavy atom. The monoisotopic (exact) mass is 587 g/mol. The molecule has 0 saturated heterocycles. The molecule has 4 aromatic rings. The third-order valence-electron chi connectivity index (χ3n) is 6.33. The maximum atomic E-state index is 14.8. The number of nitrogens with zero attached hydrogens (tertiary/aromatic N) is 3. The molecule has 0 amide bonds. The number of aryl methyl sites for hydroxylation is 1. The number of pyridine rings is 1. The molecule has 8 nitrogen and oxygen atoms in total. The van der Waals surface area contributed by atoms with Crippen LogP contribution in [0.4, 0.5) is 21.6 Å². The van der Waals surface area contributed by atoms with Crippen molar-refractivity contribution < 1.29 is 4.39 Å². The molecule has 0 unspecified atom stereocenters. The third-order valence-corrected chi connectivity index (χ3v) is 7.00. The summed E-state index contributed by atoms with van der Waals surface area (Å²) in [5.41, 5.74) is 0.480. The number of rotatable bonds is 5. The summed E-state index contributed by atoms with van der Waals surface area (Å²) >= 11 is 2.01. The van der Waals surface area contributed by atoms with Crippen molar-refractivity contribution in [1.29, 1.82) is 0 Å². The van der Waals surface area contributed by atoms with Crippen LogP contribution in [0.25, 0.3) is 16.6 Å². The highest BCUT2D eigenvalue weighted by Gasteiger charge is 2.31. The number of anilines is 3. The second-order valence-corrected chi connectivity index (χ2v) is 9.88. The fraction of sp³-hybridized carbons (Fsp3) is 0.240. The second-order valence-electron chi connectivity index (χ2n) is 8.64. The summed E-state index contributed by atoms with van der Waals surface area (Å²) in [6, 6.07) is 11.6. The molecule has 2 N–H and O–H groups in total. The smallest absolute Gasteiger partial charge is 0.336 e. The molecule has 1 aliphatic carbocycles. The van der Waals surface area contributed by atoms with Crippen LogP contribution in [-0.2, 0) is 7.05 Å². The molecule has 35 heavy (non-hydrogen) atoms. The lowest BCUT2D eigenvalue weighted by Gasteiger charge is -2.21. The molecule has 0 atom stereocenters. The van der Waals surface area contributed by atoms with Gasteiger partial charge in [-0.05, 0) is 78.8 Å². The van der Waals surface area contributed by atoms with Crippen LogP contribution in [-0.4, -0.2) is 20.7 Å². The van der Waals surface area contributed by atoms with Crippen LogP contribution >= 0.6 is 22.6 Å². The summed E-state index contributed by atoms with van der Waals surface area (Å²) in [4.78, 5) is 40.8. The van der Waals surface area contributed by atoms with Gasteiger partial charge in [0.1, 0.15) is 17.0 Å². The van der Waals surface area contributed by atoms with E-state index in [9.17, 15) is 18.8 Å². The Morgan fingerprint density at radius 2 is 1.80 bits per heavy atom. The molecule has 2 aromatic carbocycles. The average molecular weight is 587 g/mol. The Morgan fingerprint density at radius 3 is 2.46 bits per heavy atom. The summed E-state index contributed by atoms with van der Waals surface area (Å²) in [5, 5.41) is 6.18. The Hall–Kier alpha value is -3.41. The van der Waals surface area contributed by atoms with Crippen LogP contribution < -0.4 is 27.4 Å². The number of halogens is 2. The summed E-state index contributed by atoms with van der Waals surface area (Å²) in [6.45, 7) is 1.60. The van der Waals surface area contributed by atoms with Crippen molar-refractivity contribution in [2.45, 2.75) is 25.8 Å². The van der Waals surface area contributed by atoms with E-state index in [-0.39, 0.29) is 34.0 Å². The fourth-order valence-corrected chi connectivity index (χ4v) is 4.83. The number of aromatic nitrogens is 3. The Bertz CT molecular complexity index is 1680. The van der Waals surface area contributed by atoms with Crippen molar-refractivity contribution in [2.24, 2.45) is 7.05 Å². The van der Waals surface area contributed by atoms with Gasteiger partial charge in [-0.25, -0.2) is 9.18 Å². The maximum absolute atomic E-state index is 14.8. The van der Waals surface area contributed by atoms with E-state index in [2.05, 4.69) is 10.6 Å². The van der Waals surface area contributed by atoms with Crippen molar-refractivity contribution in [3.8, 4) is 5.69 Å². The molecule has 5 rings (SSSR count). The van der Waals surface area contributed by atoms with E-state index in [1.807, 2.05) is 28.7 Å². The van der Waals surface area contributed by atoms with Gasteiger partial charge in [0, 0.05) is 35.0 Å². The molecule has 1 saturated carbocycles. The number of hydrogen-bond acceptors (Lipinski definition) is 5. The standard InChI is InChI=1S/C25H23FIN5O3/c1-13-21-20(22(30(3)23(13)33)29-19-10-7-14(27)11-18(19)26)24(34)32(16-8-9-16)25(35)31(21)17-6-4-5-15(12-17)28-2/h4-7,10-12,16,28-29H,8-9H2,1-3H3. The van der Waals surface area contributed by atoms with Crippen LogP contribution in [0.3, 0.4) is 0 Å². The zero-order valence-electron chi connectivity index (χ0n) is 19.4. The van der Waals surface area contributed by atoms with Gasteiger partial charge in [0.2, 0.25) is 0 Å². The highest BCUT2D eigenvalue weighted by atomic mass is 127. The van der Waals surface area contributed by atoms with E-state index < -0.39 is 22.6 Å². The van der Waals surface area contributed by atoms with Crippen molar-refractivity contribution >= 4 is 50.7 Å². The molecular weight excluding hydrogens is 564 g/mol. The van der Waals surface area contributed by atoms with Gasteiger partial charge < -0.3 is 10.6 Å². The molecule has 1 fully saturated rings. The minimum Gasteiger partial charge on any atom is -0.388 e. The number of benzene rings is 2. The van der Waals surface area contributed by atoms with Gasteiger partial charge in [-0.2, -0.15) is 0 Å². The minimum atomic E-state index is -0.518. The van der Waals surface area contributed by atoms with Crippen molar-refractivity contribution in [3.63, 3.8) is 0 Å². The van der Waals surface area contributed by atoms with Crippen molar-refractivity contribution in [3.05, 3.63) is 88.6 Å². The molecule has 0 spiro atoms. The van der Waals surface area contributed by atoms with E-state index in [4.69, 9.17) is 0 Å². The van der Waals surface area contributed by atoms with Gasteiger partial charge in [0.25, 0.3) is 11.1 Å². The van der Waals surface area contributed by atoms with Gasteiger partial charge in [-0.1, -0.05) is 6.07 Å². The Balaban J connectivity index is 1.94. The van der Waals surface area contributed by atoms with E-state index >= 15 is 0 Å². The number of hydrogen-bond donors (Lipinski definition) is 2. The van der Waals surface area contributed by atoms with E-state index in [0.29, 0.717) is 9.26 Å². The van der Waals surface area contributed by atoms with Crippen molar-refractivity contribution in [2.75, 3.05) is 17.7 Å². The number of nitrogens with one attached hydrogen (secondary N) is 2. The van der Waals surface area contributed by atoms with E-state index in [0.717, 1.165) is 18.5 Å². The first-order chi connectivity index (χ1) is 16.7. The first-order valence-corrected chi connectivity index (χ1v) is 12.2. The zero-order chi connectivity index (χ0) is 25.0. The molecule has 1 aliphatic rings. The lowest BCUT2D eigenvalue weighted by molar-refractivity contribution is 0.630. The molecular formula is C25H23FIN5O3. The summed E-state index contributed by atoms with van der Waals surface area (Å²) < 4.78 is 19.4. The minimum absolute atomic E-state index is 0.123. The Labute approximate surface area is 213 Å². The third kappa shape index (κ3) is 3.85. The predicted octanol–water partition coefficient (Wildman–Crippen LogP) is 4.02. The lowest BCUT2D eigenvalue weighted by Crippen LogP contribution is -2.41. The summed E-state index contributed by atoms with van der Waals surface area (Å²) in [7, 11) is 3.30. The van der Waals surface area contributed by atoms with Crippen LogP contribution in [0.2, 0.25) is 0 Å². The average Bonchev–Trinajstić information content (AvgIpc) is 3.67. The molecule has 0 bridgehead atoms. The number of fused-ring (bicyclic) bond motifs is 1. The van der Waals surface area contributed by atoms with E-state index in [1.165, 1.54) is 26.8 Å². The Kier molecular flexibility index (Phi) is 5.78. The van der Waals surface area contributed by atoms with Crippen LogP contribution in [0.5, 0.6) is 0 Å². The predicted molar refractivity (Wildman–Crippen MR) is 144 cm³/mol. The van der Waals surface area contributed by atoms with Crippen molar-refractivity contribution in [1.82, 2.24) is 13.7 Å². The highest BCUT2D eigenvalue weighted by Crippen LogP contribution is 2.34. The topological polar surface area (TPSA) is 90.1 Å². The lowest BCUT2D eigenvalue weighted by atomic mass is 10.1. The quantitative estimate of drug-likeness (QED) is 0.345. The molecule has 2 heterocycles. The van der Waals surface area contributed by atoms with Gasteiger partial charge in [0.05, 0.1) is 16.9 Å². The van der Waals surface area contributed by atoms with Gasteiger partial charge >= 0.3 is 5.69 Å². The van der Waals surface area contributed by atoms with E-state index in [1.54, 1.807) is 44.3 Å². The largest absolute Gasteiger partial charge is 0.388 e. The maximum Gasteiger partial charge on any atom is 0.336 e. The van der Waals surface area contributed by atoms with Gasteiger partial charge in [-0.15, -0.1) is 0 Å². The fourth-order valence-electron chi connectivity index (χ4n) is 4.37. The molecule has 0 radical (unpaired) electrons. The SMILES string of the molecule is CNc1cccc(-n2c(=O)n(C3CC3)c(=O)c3c(Nc4ccc(I)cc4F)n(C)c(=O)c(C)c32)c1. The first kappa shape index (κ1) is 23.3. The highest BCUT2D eigenvalue weighted by molar-refractivity contribution is 14.1. The molecule has 10 heteroatoms. The van der Waals surface area contributed by atoms with Crippen LogP contribution in [0.15, 0.2) is 56.8 Å². The van der Waals surface area contributed by atoms with Gasteiger partial charge in [0.15, 0.2) is 0 Å². The van der Waals surface area contributed by atoms with Crippen LogP contribution in [0.1, 0.15) is 24.4 Å². The molecule has 180 valence electrons. The van der Waals surface area contributed by atoms with Crippen LogP contribution in [0, 0.1) is 16.3 Å². The molecule has 0 aliphatic heterocycles. The summed E-state index contributed by atoms with van der Waals surface area (Å²) in [6.07, 6.45) is 1.44. The first-order valence-electron chi connectivity index (χ1n) is 11.1. The molecule has 2 aromatic heterocycles.